The molecule has 24 heavy (non-hydrogen) atoms. The lowest BCUT2D eigenvalue weighted by Gasteiger charge is -2.28. The van der Waals surface area contributed by atoms with Crippen molar-refractivity contribution in [2.45, 2.75) is 51.6 Å². The first-order chi connectivity index (χ1) is 11.0. The monoisotopic (exact) mass is 351 g/mol. The zero-order chi connectivity index (χ0) is 16.4. The van der Waals surface area contributed by atoms with Gasteiger partial charge in [-0.15, -0.1) is 12.4 Å². The predicted molar refractivity (Wildman–Crippen MR) is 97.4 cm³/mol. The van der Waals surface area contributed by atoms with Crippen LogP contribution in [0.25, 0.3) is 0 Å². The van der Waals surface area contributed by atoms with Gasteiger partial charge in [-0.2, -0.15) is 0 Å². The summed E-state index contributed by atoms with van der Waals surface area (Å²) in [5.41, 5.74) is 3.14. The molecule has 132 valence electrons. The second-order valence-electron chi connectivity index (χ2n) is 6.77. The van der Waals surface area contributed by atoms with Crippen molar-refractivity contribution < 1.29 is 9.59 Å². The Bertz CT molecular complexity index is 620. The number of amides is 2. The molecule has 3 N–H and O–H groups in total. The van der Waals surface area contributed by atoms with Gasteiger partial charge in [-0.25, -0.2) is 0 Å². The largest absolute Gasteiger partial charge is 0.349 e. The average molecular weight is 352 g/mol. The third-order valence-electron chi connectivity index (χ3n) is 4.88. The van der Waals surface area contributed by atoms with Crippen LogP contribution >= 0.6 is 12.4 Å². The van der Waals surface area contributed by atoms with Gasteiger partial charge >= 0.3 is 0 Å². The minimum absolute atomic E-state index is 0. The van der Waals surface area contributed by atoms with Crippen LogP contribution in [-0.2, 0) is 16.0 Å². The number of benzene rings is 1. The van der Waals surface area contributed by atoms with Gasteiger partial charge in [0.05, 0.1) is 6.04 Å². The van der Waals surface area contributed by atoms with E-state index in [0.29, 0.717) is 12.5 Å². The minimum atomic E-state index is -0.0179. The van der Waals surface area contributed by atoms with E-state index in [4.69, 9.17) is 0 Å². The summed E-state index contributed by atoms with van der Waals surface area (Å²) in [6, 6.07) is 6.42. The fourth-order valence-electron chi connectivity index (χ4n) is 3.46. The third kappa shape index (κ3) is 4.28. The molecular weight excluding hydrogens is 326 g/mol. The van der Waals surface area contributed by atoms with Crippen LogP contribution in [0.3, 0.4) is 0 Å². The zero-order valence-corrected chi connectivity index (χ0v) is 15.0. The lowest BCUT2D eigenvalue weighted by atomic mass is 9.92. The Kier molecular flexibility index (Phi) is 6.24. The van der Waals surface area contributed by atoms with Gasteiger partial charge in [0.2, 0.25) is 11.8 Å². The van der Waals surface area contributed by atoms with Crippen LogP contribution in [0.4, 0.5) is 5.69 Å². The molecule has 6 heteroatoms. The fraction of sp³-hybridized carbons (Fsp3) is 0.556. The van der Waals surface area contributed by atoms with Crippen molar-refractivity contribution >= 4 is 29.9 Å². The highest BCUT2D eigenvalue weighted by atomic mass is 35.5. The summed E-state index contributed by atoms with van der Waals surface area (Å²) in [4.78, 5) is 23.9. The number of piperidine rings is 1. The molecule has 1 unspecified atom stereocenters. The lowest BCUT2D eigenvalue weighted by Crippen LogP contribution is -2.43. The summed E-state index contributed by atoms with van der Waals surface area (Å²) in [6.45, 7) is 5.05. The SMILES string of the molecule is CC(NC(=O)[C@H]1CCN[C@@H](C)C1)c1ccc2c(c1)CCC(=O)N2.Cl. The van der Waals surface area contributed by atoms with Crippen molar-refractivity contribution in [2.75, 3.05) is 11.9 Å². The van der Waals surface area contributed by atoms with Crippen molar-refractivity contribution in [1.29, 1.82) is 0 Å². The predicted octanol–water partition coefficient (Wildman–Crippen LogP) is 2.56. The normalized spacial score (nSPS) is 24.2. The van der Waals surface area contributed by atoms with Crippen molar-refractivity contribution in [2.24, 2.45) is 5.92 Å². The third-order valence-corrected chi connectivity index (χ3v) is 4.88. The summed E-state index contributed by atoms with van der Waals surface area (Å²) in [5, 5.41) is 9.41. The molecule has 0 saturated carbocycles. The van der Waals surface area contributed by atoms with E-state index >= 15 is 0 Å². The molecule has 0 radical (unpaired) electrons. The second-order valence-corrected chi connectivity index (χ2v) is 6.77. The maximum absolute atomic E-state index is 12.5. The minimum Gasteiger partial charge on any atom is -0.349 e. The van der Waals surface area contributed by atoms with E-state index < -0.39 is 0 Å². The van der Waals surface area contributed by atoms with Crippen LogP contribution in [0.2, 0.25) is 0 Å². The highest BCUT2D eigenvalue weighted by molar-refractivity contribution is 5.93. The molecule has 1 aromatic carbocycles. The number of nitrogens with one attached hydrogen (secondary N) is 3. The summed E-state index contributed by atoms with van der Waals surface area (Å²) >= 11 is 0. The highest BCUT2D eigenvalue weighted by Gasteiger charge is 2.26. The van der Waals surface area contributed by atoms with E-state index in [1.54, 1.807) is 0 Å². The van der Waals surface area contributed by atoms with Gasteiger partial charge in [0.15, 0.2) is 0 Å². The number of aryl methyl sites for hydroxylation is 1. The first-order valence-corrected chi connectivity index (χ1v) is 8.49. The summed E-state index contributed by atoms with van der Waals surface area (Å²) < 4.78 is 0. The molecule has 0 aromatic heterocycles. The summed E-state index contributed by atoms with van der Waals surface area (Å²) in [7, 11) is 0. The Morgan fingerprint density at radius 1 is 1.33 bits per heavy atom. The number of anilines is 1. The number of carbonyl (C=O) groups excluding carboxylic acids is 2. The molecule has 1 aromatic rings. The van der Waals surface area contributed by atoms with Gasteiger partial charge < -0.3 is 16.0 Å². The molecule has 2 amide bonds. The van der Waals surface area contributed by atoms with Gasteiger partial charge in [0, 0.05) is 24.1 Å². The maximum Gasteiger partial charge on any atom is 0.224 e. The van der Waals surface area contributed by atoms with Gasteiger partial charge in [0.25, 0.3) is 0 Å². The fourth-order valence-corrected chi connectivity index (χ4v) is 3.46. The standard InChI is InChI=1S/C18H25N3O2.ClH/c1-11-9-15(7-8-19-11)18(23)20-12(2)13-3-5-16-14(10-13)4-6-17(22)21-16;/h3,5,10-12,15,19H,4,6-9H2,1-2H3,(H,20,23)(H,21,22);1H/t11-,12?,15-;/m0./s1. The van der Waals surface area contributed by atoms with Crippen LogP contribution in [0.5, 0.6) is 0 Å². The molecule has 3 atom stereocenters. The van der Waals surface area contributed by atoms with Gasteiger partial charge in [-0.1, -0.05) is 12.1 Å². The quantitative estimate of drug-likeness (QED) is 0.783. The molecule has 3 rings (SSSR count). The average Bonchev–Trinajstić information content (AvgIpc) is 2.54. The van der Waals surface area contributed by atoms with Crippen molar-refractivity contribution in [3.05, 3.63) is 29.3 Å². The molecule has 0 spiro atoms. The Hall–Kier alpha value is -1.59. The lowest BCUT2D eigenvalue weighted by molar-refractivity contribution is -0.126. The van der Waals surface area contributed by atoms with E-state index in [2.05, 4.69) is 28.9 Å². The molecule has 2 aliphatic rings. The molecule has 0 aliphatic carbocycles. The summed E-state index contributed by atoms with van der Waals surface area (Å²) in [6.07, 6.45) is 3.10. The van der Waals surface area contributed by atoms with Crippen molar-refractivity contribution in [3.8, 4) is 0 Å². The van der Waals surface area contributed by atoms with Gasteiger partial charge in [-0.3, -0.25) is 9.59 Å². The van der Waals surface area contributed by atoms with E-state index in [0.717, 1.165) is 42.6 Å². The molecule has 2 heterocycles. The Morgan fingerprint density at radius 2 is 2.12 bits per heavy atom. The van der Waals surface area contributed by atoms with Gasteiger partial charge in [0.1, 0.15) is 0 Å². The number of hydrogen-bond acceptors (Lipinski definition) is 3. The van der Waals surface area contributed by atoms with Crippen LogP contribution in [0, 0.1) is 5.92 Å². The van der Waals surface area contributed by atoms with E-state index in [1.165, 1.54) is 0 Å². The Labute approximate surface area is 149 Å². The number of fused-ring (bicyclic) bond motifs is 1. The highest BCUT2D eigenvalue weighted by Crippen LogP contribution is 2.26. The van der Waals surface area contributed by atoms with E-state index in [1.807, 2.05) is 19.1 Å². The van der Waals surface area contributed by atoms with Crippen molar-refractivity contribution in [1.82, 2.24) is 10.6 Å². The van der Waals surface area contributed by atoms with Crippen LogP contribution in [0.15, 0.2) is 18.2 Å². The zero-order valence-electron chi connectivity index (χ0n) is 14.2. The number of carbonyl (C=O) groups is 2. The van der Waals surface area contributed by atoms with Crippen LogP contribution in [0.1, 0.15) is 50.3 Å². The van der Waals surface area contributed by atoms with Crippen LogP contribution < -0.4 is 16.0 Å². The Balaban J connectivity index is 0.00000208. The first-order valence-electron chi connectivity index (χ1n) is 8.49. The molecule has 1 fully saturated rings. The molecule has 1 saturated heterocycles. The first kappa shape index (κ1) is 18.7. The van der Waals surface area contributed by atoms with Gasteiger partial charge in [-0.05, 0) is 56.8 Å². The summed E-state index contributed by atoms with van der Waals surface area (Å²) in [5.74, 6) is 0.328. The second kappa shape index (κ2) is 7.99. The number of halogens is 1. The number of hydrogen-bond donors (Lipinski definition) is 3. The molecule has 0 bridgehead atoms. The smallest absolute Gasteiger partial charge is 0.224 e. The molecular formula is C18H26ClN3O2. The van der Waals surface area contributed by atoms with E-state index in [9.17, 15) is 9.59 Å². The van der Waals surface area contributed by atoms with Crippen LogP contribution in [-0.4, -0.2) is 24.4 Å². The van der Waals surface area contributed by atoms with Crippen molar-refractivity contribution in [3.63, 3.8) is 0 Å². The van der Waals surface area contributed by atoms with E-state index in [-0.39, 0.29) is 36.2 Å². The molecule has 5 nitrogen and oxygen atoms in total. The maximum atomic E-state index is 12.5. The number of rotatable bonds is 3. The Morgan fingerprint density at radius 3 is 2.88 bits per heavy atom. The topological polar surface area (TPSA) is 70.2 Å². The molecule has 2 aliphatic heterocycles.